The standard InChI is InChI=1S/C26H31ClFN5O6/c1-14(35)32-5-3-15(4-6-32)21-10-19(30-39-21)11-22-26(37-2)24(25(36)23(13-34)38-22)33-12-20(29-31-33)16-7-17(27)9-18(28)8-16/h7-10,12,15,22-26,34,36H,3-6,11,13H2,1-2H3/t22-,23-,24+,25+,26+/m1/s1. The molecule has 4 heterocycles. The van der Waals surface area contributed by atoms with Crippen LogP contribution in [-0.4, -0.2) is 92.4 Å². The van der Waals surface area contributed by atoms with Gasteiger partial charge in [0.05, 0.1) is 24.6 Å². The fourth-order valence-electron chi connectivity index (χ4n) is 5.49. The second-order valence-electron chi connectivity index (χ2n) is 10.0. The first-order chi connectivity index (χ1) is 18.8. The number of carbonyl (C=O) groups excluding carboxylic acids is 1. The van der Waals surface area contributed by atoms with Gasteiger partial charge < -0.3 is 29.1 Å². The number of hydrogen-bond donors (Lipinski definition) is 2. The molecule has 2 aliphatic rings. The van der Waals surface area contributed by atoms with E-state index < -0.39 is 42.9 Å². The van der Waals surface area contributed by atoms with Crippen LogP contribution in [0.2, 0.25) is 5.02 Å². The summed E-state index contributed by atoms with van der Waals surface area (Å²) in [6, 6.07) is 5.18. The van der Waals surface area contributed by atoms with Crippen LogP contribution in [0.25, 0.3) is 11.3 Å². The fourth-order valence-corrected chi connectivity index (χ4v) is 5.71. The van der Waals surface area contributed by atoms with Crippen LogP contribution in [0, 0.1) is 5.82 Å². The molecule has 0 radical (unpaired) electrons. The monoisotopic (exact) mass is 563 g/mol. The molecular weight excluding hydrogens is 533 g/mol. The van der Waals surface area contributed by atoms with Crippen molar-refractivity contribution in [2.75, 3.05) is 26.8 Å². The van der Waals surface area contributed by atoms with E-state index in [1.165, 1.54) is 23.9 Å². The molecule has 11 nitrogen and oxygen atoms in total. The molecule has 0 bridgehead atoms. The lowest BCUT2D eigenvalue weighted by atomic mass is 9.89. The summed E-state index contributed by atoms with van der Waals surface area (Å²) in [6.07, 6.45) is 0.0908. The van der Waals surface area contributed by atoms with Crippen molar-refractivity contribution in [3.05, 3.63) is 52.8 Å². The quantitative estimate of drug-likeness (QED) is 0.444. The Hall–Kier alpha value is -2.90. The third-order valence-electron chi connectivity index (χ3n) is 7.54. The minimum absolute atomic E-state index is 0.0705. The summed E-state index contributed by atoms with van der Waals surface area (Å²) < 4.78 is 32.8. The van der Waals surface area contributed by atoms with Gasteiger partial charge in [0, 0.05) is 56.1 Å². The van der Waals surface area contributed by atoms with E-state index in [1.807, 2.05) is 11.0 Å². The summed E-state index contributed by atoms with van der Waals surface area (Å²) >= 11 is 6.00. The van der Waals surface area contributed by atoms with Crippen molar-refractivity contribution >= 4 is 17.5 Å². The number of aromatic nitrogens is 4. The second-order valence-corrected chi connectivity index (χ2v) is 10.5. The summed E-state index contributed by atoms with van der Waals surface area (Å²) in [5.74, 6) is 0.478. The van der Waals surface area contributed by atoms with Crippen LogP contribution in [0.15, 0.2) is 35.0 Å². The topological polar surface area (TPSA) is 136 Å². The van der Waals surface area contributed by atoms with E-state index in [0.29, 0.717) is 36.5 Å². The van der Waals surface area contributed by atoms with Gasteiger partial charge in [-0.1, -0.05) is 22.0 Å². The minimum atomic E-state index is -1.17. The number of rotatable bonds is 7. The molecule has 39 heavy (non-hydrogen) atoms. The number of aliphatic hydroxyl groups excluding tert-OH is 2. The molecule has 210 valence electrons. The van der Waals surface area contributed by atoms with Crippen molar-refractivity contribution in [3.8, 4) is 11.3 Å². The van der Waals surface area contributed by atoms with Gasteiger partial charge in [-0.05, 0) is 31.0 Å². The number of likely N-dealkylation sites (tertiary alicyclic amines) is 1. The van der Waals surface area contributed by atoms with Crippen LogP contribution in [0.5, 0.6) is 0 Å². The molecule has 5 atom stereocenters. The highest BCUT2D eigenvalue weighted by molar-refractivity contribution is 6.30. The number of aliphatic hydroxyl groups is 2. The van der Waals surface area contributed by atoms with Crippen molar-refractivity contribution in [3.63, 3.8) is 0 Å². The van der Waals surface area contributed by atoms with Gasteiger partial charge in [-0.2, -0.15) is 0 Å². The van der Waals surface area contributed by atoms with Crippen LogP contribution < -0.4 is 0 Å². The molecule has 0 saturated carbocycles. The first-order valence-electron chi connectivity index (χ1n) is 12.8. The number of amides is 1. The molecule has 0 spiro atoms. The van der Waals surface area contributed by atoms with Crippen molar-refractivity contribution in [1.82, 2.24) is 25.1 Å². The summed E-state index contributed by atoms with van der Waals surface area (Å²) in [5, 5.41) is 33.8. The minimum Gasteiger partial charge on any atom is -0.394 e. The number of halogens is 2. The number of benzene rings is 1. The highest BCUT2D eigenvalue weighted by Gasteiger charge is 2.47. The maximum atomic E-state index is 13.9. The predicted octanol–water partition coefficient (Wildman–Crippen LogP) is 2.37. The molecule has 0 unspecified atom stereocenters. The summed E-state index contributed by atoms with van der Waals surface area (Å²) in [4.78, 5) is 13.5. The van der Waals surface area contributed by atoms with Crippen molar-refractivity contribution in [1.29, 1.82) is 0 Å². The van der Waals surface area contributed by atoms with Gasteiger partial charge in [0.15, 0.2) is 0 Å². The highest BCUT2D eigenvalue weighted by Crippen LogP contribution is 2.35. The zero-order valence-corrected chi connectivity index (χ0v) is 22.4. The number of nitrogens with zero attached hydrogens (tertiary/aromatic N) is 5. The Balaban J connectivity index is 1.35. The Kier molecular flexibility index (Phi) is 8.29. The molecular formula is C26H31ClFN5O6. The number of methoxy groups -OCH3 is 1. The normalized spacial score (nSPS) is 26.2. The van der Waals surface area contributed by atoms with Gasteiger partial charge in [0.25, 0.3) is 0 Å². The molecule has 2 saturated heterocycles. The zero-order chi connectivity index (χ0) is 27.7. The Bertz CT molecular complexity index is 1280. The van der Waals surface area contributed by atoms with E-state index in [4.69, 9.17) is 25.6 Å². The molecule has 2 N–H and O–H groups in total. The molecule has 5 rings (SSSR count). The van der Waals surface area contributed by atoms with Gasteiger partial charge in [0.2, 0.25) is 5.91 Å². The average molecular weight is 564 g/mol. The van der Waals surface area contributed by atoms with Crippen LogP contribution in [0.4, 0.5) is 4.39 Å². The zero-order valence-electron chi connectivity index (χ0n) is 21.6. The molecule has 2 aliphatic heterocycles. The van der Waals surface area contributed by atoms with Crippen LogP contribution in [0.1, 0.15) is 43.2 Å². The average Bonchev–Trinajstić information content (AvgIpc) is 3.59. The first-order valence-corrected chi connectivity index (χ1v) is 13.2. The lowest BCUT2D eigenvalue weighted by Gasteiger charge is -2.43. The van der Waals surface area contributed by atoms with Crippen LogP contribution in [0.3, 0.4) is 0 Å². The molecule has 1 aromatic carbocycles. The van der Waals surface area contributed by atoms with Crippen molar-refractivity contribution < 1.29 is 33.4 Å². The van der Waals surface area contributed by atoms with E-state index >= 15 is 0 Å². The van der Waals surface area contributed by atoms with E-state index in [1.54, 1.807) is 19.2 Å². The largest absolute Gasteiger partial charge is 0.394 e. The first kappa shape index (κ1) is 27.7. The molecule has 1 amide bonds. The maximum absolute atomic E-state index is 13.9. The van der Waals surface area contributed by atoms with Crippen LogP contribution >= 0.6 is 11.6 Å². The van der Waals surface area contributed by atoms with Gasteiger partial charge in [0.1, 0.15) is 41.6 Å². The lowest BCUT2D eigenvalue weighted by molar-refractivity contribution is -0.212. The van der Waals surface area contributed by atoms with Crippen molar-refractivity contribution in [2.24, 2.45) is 0 Å². The Morgan fingerprint density at radius 3 is 2.67 bits per heavy atom. The van der Waals surface area contributed by atoms with Crippen molar-refractivity contribution in [2.45, 2.75) is 62.6 Å². The Labute approximate surface area is 229 Å². The fraction of sp³-hybridized carbons (Fsp3) is 0.538. The Morgan fingerprint density at radius 2 is 2.00 bits per heavy atom. The van der Waals surface area contributed by atoms with E-state index in [-0.39, 0.29) is 16.8 Å². The third-order valence-corrected chi connectivity index (χ3v) is 7.76. The van der Waals surface area contributed by atoms with Gasteiger partial charge in [-0.25, -0.2) is 9.07 Å². The highest BCUT2D eigenvalue weighted by atomic mass is 35.5. The van der Waals surface area contributed by atoms with E-state index in [0.717, 1.165) is 18.6 Å². The number of carbonyl (C=O) groups is 1. The smallest absolute Gasteiger partial charge is 0.219 e. The summed E-state index contributed by atoms with van der Waals surface area (Å²) in [7, 11) is 1.50. The summed E-state index contributed by atoms with van der Waals surface area (Å²) in [5.41, 5.74) is 1.44. The van der Waals surface area contributed by atoms with E-state index in [9.17, 15) is 19.4 Å². The summed E-state index contributed by atoms with van der Waals surface area (Å²) in [6.45, 7) is 2.49. The van der Waals surface area contributed by atoms with Crippen LogP contribution in [-0.2, 0) is 20.7 Å². The second kappa shape index (κ2) is 11.7. The molecule has 0 aliphatic carbocycles. The number of piperidine rings is 1. The number of hydrogen-bond acceptors (Lipinski definition) is 9. The molecule has 2 aromatic heterocycles. The molecule has 13 heteroatoms. The van der Waals surface area contributed by atoms with Gasteiger partial charge in [-0.3, -0.25) is 4.79 Å². The van der Waals surface area contributed by atoms with Gasteiger partial charge >= 0.3 is 0 Å². The molecule has 3 aromatic rings. The Morgan fingerprint density at radius 1 is 1.23 bits per heavy atom. The van der Waals surface area contributed by atoms with Gasteiger partial charge in [-0.15, -0.1) is 5.10 Å². The SMILES string of the molecule is CO[C@@H]1[C@@H](n2cc(-c3cc(F)cc(Cl)c3)nn2)[C@@H](O)[C@@H](CO)O[C@@H]1Cc1cc(C2CCN(C(C)=O)CC2)on1. The third kappa shape index (κ3) is 5.85. The number of ether oxygens (including phenoxy) is 2. The lowest BCUT2D eigenvalue weighted by Crippen LogP contribution is -2.57. The van der Waals surface area contributed by atoms with E-state index in [2.05, 4.69) is 15.5 Å². The predicted molar refractivity (Wildman–Crippen MR) is 136 cm³/mol. The molecule has 2 fully saturated rings. The maximum Gasteiger partial charge on any atom is 0.219 e.